The van der Waals surface area contributed by atoms with E-state index in [0.29, 0.717) is 11.0 Å². The third-order valence-corrected chi connectivity index (χ3v) is 6.42. The fourth-order valence-electron chi connectivity index (χ4n) is 5.55. The minimum atomic E-state index is 0.378. The molecule has 5 rings (SSSR count). The van der Waals surface area contributed by atoms with E-state index in [2.05, 4.69) is 23.7 Å². The van der Waals surface area contributed by atoms with Gasteiger partial charge in [0.15, 0.2) is 0 Å². The van der Waals surface area contributed by atoms with Crippen LogP contribution in [-0.4, -0.2) is 5.54 Å². The third-order valence-electron chi connectivity index (χ3n) is 5.33. The molecule has 0 amide bonds. The fraction of sp³-hybridized carbons (Fsp3) is 0.733. The molecule has 0 aliphatic heterocycles. The summed E-state index contributed by atoms with van der Waals surface area (Å²) in [4.78, 5) is 0. The van der Waals surface area contributed by atoms with Crippen molar-refractivity contribution in [2.45, 2.75) is 51.0 Å². The Morgan fingerprint density at radius 1 is 1.28 bits per heavy atom. The van der Waals surface area contributed by atoms with Crippen LogP contribution in [0.4, 0.5) is 5.69 Å². The Kier molecular flexibility index (Phi) is 2.36. The predicted molar refractivity (Wildman–Crippen MR) is 78.5 cm³/mol. The van der Waals surface area contributed by atoms with Gasteiger partial charge in [-0.1, -0.05) is 18.5 Å². The van der Waals surface area contributed by atoms with Crippen LogP contribution in [0.25, 0.3) is 0 Å². The molecule has 4 saturated carbocycles. The highest BCUT2D eigenvalue weighted by molar-refractivity contribution is 7.14. The molecule has 18 heavy (non-hydrogen) atoms. The number of hydrogen-bond acceptors (Lipinski definition) is 2. The standard InChI is InChI=1S/C15H20ClNS/c1-14-4-10-2-11(5-14)7-15(6-10,9-14)17-12-3-13(16)18-8-12/h3,8,10-11,17H,2,4-7,9H2,1H3. The highest BCUT2D eigenvalue weighted by Crippen LogP contribution is 2.62. The van der Waals surface area contributed by atoms with Crippen LogP contribution in [-0.2, 0) is 0 Å². The third kappa shape index (κ3) is 1.80. The Balaban J connectivity index is 1.63. The Hall–Kier alpha value is -0.210. The van der Waals surface area contributed by atoms with Gasteiger partial charge in [-0.2, -0.15) is 0 Å². The SMILES string of the molecule is CC12CC3CC(C1)CC(Nc1csc(Cl)c1)(C3)C2. The first-order chi connectivity index (χ1) is 8.54. The van der Waals surface area contributed by atoms with Crippen LogP contribution in [0.3, 0.4) is 0 Å². The summed E-state index contributed by atoms with van der Waals surface area (Å²) in [5.41, 5.74) is 2.23. The number of hydrogen-bond donors (Lipinski definition) is 1. The van der Waals surface area contributed by atoms with E-state index in [0.717, 1.165) is 16.2 Å². The van der Waals surface area contributed by atoms with Gasteiger partial charge in [0.25, 0.3) is 0 Å². The van der Waals surface area contributed by atoms with Gasteiger partial charge in [0.2, 0.25) is 0 Å². The van der Waals surface area contributed by atoms with Crippen molar-refractivity contribution in [2.24, 2.45) is 17.3 Å². The second kappa shape index (κ2) is 3.67. The molecule has 4 bridgehead atoms. The zero-order valence-electron chi connectivity index (χ0n) is 10.8. The van der Waals surface area contributed by atoms with Gasteiger partial charge in [-0.25, -0.2) is 0 Å². The molecule has 98 valence electrons. The van der Waals surface area contributed by atoms with E-state index in [1.54, 1.807) is 11.3 Å². The Morgan fingerprint density at radius 3 is 2.56 bits per heavy atom. The Labute approximate surface area is 118 Å². The van der Waals surface area contributed by atoms with Crippen LogP contribution in [0.1, 0.15) is 45.4 Å². The molecule has 1 N–H and O–H groups in total. The maximum Gasteiger partial charge on any atom is 0.0949 e. The second-order valence-electron chi connectivity index (χ2n) is 7.32. The first kappa shape index (κ1) is 11.6. The number of anilines is 1. The van der Waals surface area contributed by atoms with Gasteiger partial charge < -0.3 is 5.32 Å². The zero-order valence-corrected chi connectivity index (χ0v) is 12.4. The number of rotatable bonds is 2. The predicted octanol–water partition coefficient (Wildman–Crippen LogP) is 5.17. The minimum absolute atomic E-state index is 0.378. The van der Waals surface area contributed by atoms with Crippen LogP contribution in [0, 0.1) is 17.3 Å². The first-order valence-corrected chi connectivity index (χ1v) is 8.32. The zero-order chi connectivity index (χ0) is 12.4. The topological polar surface area (TPSA) is 12.0 Å². The molecule has 1 aromatic heterocycles. The van der Waals surface area contributed by atoms with Crippen LogP contribution in [0.15, 0.2) is 11.4 Å². The van der Waals surface area contributed by atoms with Gasteiger partial charge >= 0.3 is 0 Å². The maximum atomic E-state index is 6.05. The van der Waals surface area contributed by atoms with Gasteiger partial charge in [-0.3, -0.25) is 0 Å². The normalized spacial score (nSPS) is 45.4. The quantitative estimate of drug-likeness (QED) is 0.788. The molecule has 1 nitrogen and oxygen atoms in total. The fourth-order valence-corrected chi connectivity index (χ4v) is 6.36. The molecule has 0 spiro atoms. The second-order valence-corrected chi connectivity index (χ2v) is 8.86. The lowest BCUT2D eigenvalue weighted by atomic mass is 9.47. The van der Waals surface area contributed by atoms with Crippen molar-refractivity contribution < 1.29 is 0 Å². The van der Waals surface area contributed by atoms with Crippen LogP contribution < -0.4 is 5.32 Å². The van der Waals surface area contributed by atoms with E-state index >= 15 is 0 Å². The van der Waals surface area contributed by atoms with Crippen LogP contribution in [0.5, 0.6) is 0 Å². The lowest BCUT2D eigenvalue weighted by Gasteiger charge is -2.61. The van der Waals surface area contributed by atoms with Gasteiger partial charge in [0, 0.05) is 16.6 Å². The summed E-state index contributed by atoms with van der Waals surface area (Å²) < 4.78 is 0.897. The van der Waals surface area contributed by atoms with Gasteiger partial charge in [-0.05, 0) is 61.8 Å². The molecule has 1 heterocycles. The summed E-state index contributed by atoms with van der Waals surface area (Å²) in [5, 5.41) is 6.03. The first-order valence-electron chi connectivity index (χ1n) is 7.07. The van der Waals surface area contributed by atoms with Crippen LogP contribution >= 0.6 is 22.9 Å². The van der Waals surface area contributed by atoms with Crippen molar-refractivity contribution in [1.82, 2.24) is 0 Å². The van der Waals surface area contributed by atoms with Crippen molar-refractivity contribution in [1.29, 1.82) is 0 Å². The van der Waals surface area contributed by atoms with Gasteiger partial charge in [-0.15, -0.1) is 11.3 Å². The number of nitrogens with one attached hydrogen (secondary N) is 1. The number of halogens is 1. The van der Waals surface area contributed by atoms with E-state index in [-0.39, 0.29) is 0 Å². The molecule has 3 heteroatoms. The largest absolute Gasteiger partial charge is 0.379 e. The van der Waals surface area contributed by atoms with Crippen molar-refractivity contribution in [3.05, 3.63) is 15.8 Å². The lowest BCUT2D eigenvalue weighted by Crippen LogP contribution is -2.58. The molecular weight excluding hydrogens is 262 g/mol. The highest BCUT2D eigenvalue weighted by atomic mass is 35.5. The van der Waals surface area contributed by atoms with Gasteiger partial charge in [0.05, 0.1) is 4.34 Å². The molecule has 1 aromatic rings. The summed E-state index contributed by atoms with van der Waals surface area (Å²) in [7, 11) is 0. The van der Waals surface area contributed by atoms with Crippen molar-refractivity contribution in [3.63, 3.8) is 0 Å². The monoisotopic (exact) mass is 281 g/mol. The average Bonchev–Trinajstić information content (AvgIpc) is 2.58. The highest BCUT2D eigenvalue weighted by Gasteiger charge is 2.55. The molecule has 0 radical (unpaired) electrons. The molecular formula is C15H20ClNS. The number of thiophene rings is 1. The van der Waals surface area contributed by atoms with E-state index in [1.807, 2.05) is 0 Å². The summed E-state index contributed by atoms with van der Waals surface area (Å²) in [6.07, 6.45) is 8.55. The molecule has 4 aliphatic rings. The lowest BCUT2D eigenvalue weighted by molar-refractivity contribution is -0.0478. The van der Waals surface area contributed by atoms with E-state index in [4.69, 9.17) is 11.6 Å². The Bertz CT molecular complexity index is 467. The van der Waals surface area contributed by atoms with Crippen molar-refractivity contribution in [3.8, 4) is 0 Å². The molecule has 4 aliphatic carbocycles. The van der Waals surface area contributed by atoms with E-state index in [9.17, 15) is 0 Å². The molecule has 0 aromatic carbocycles. The Morgan fingerprint density at radius 2 is 2.00 bits per heavy atom. The summed E-state index contributed by atoms with van der Waals surface area (Å²) in [6.45, 7) is 2.52. The van der Waals surface area contributed by atoms with Gasteiger partial charge in [0.1, 0.15) is 0 Å². The van der Waals surface area contributed by atoms with Crippen molar-refractivity contribution >= 4 is 28.6 Å². The smallest absolute Gasteiger partial charge is 0.0949 e. The summed E-state index contributed by atoms with van der Waals surface area (Å²) in [6, 6.07) is 2.09. The molecule has 2 atom stereocenters. The maximum absolute atomic E-state index is 6.05. The van der Waals surface area contributed by atoms with Crippen molar-refractivity contribution in [2.75, 3.05) is 5.32 Å². The minimum Gasteiger partial charge on any atom is -0.379 e. The van der Waals surface area contributed by atoms with E-state index < -0.39 is 0 Å². The molecule has 0 saturated heterocycles. The van der Waals surface area contributed by atoms with Crippen LogP contribution in [0.2, 0.25) is 4.34 Å². The van der Waals surface area contributed by atoms with E-state index in [1.165, 1.54) is 44.2 Å². The molecule has 2 unspecified atom stereocenters. The molecule has 4 fully saturated rings. The summed E-state index contributed by atoms with van der Waals surface area (Å²) in [5.74, 6) is 1.94. The summed E-state index contributed by atoms with van der Waals surface area (Å²) >= 11 is 7.69. The average molecular weight is 282 g/mol.